The largest absolute Gasteiger partial charge is 0.497 e. The van der Waals surface area contributed by atoms with E-state index in [2.05, 4.69) is 22.9 Å². The van der Waals surface area contributed by atoms with E-state index in [4.69, 9.17) is 9.47 Å². The van der Waals surface area contributed by atoms with Gasteiger partial charge in [-0.3, -0.25) is 4.79 Å². The van der Waals surface area contributed by atoms with E-state index < -0.39 is 0 Å². The number of aromatic nitrogens is 1. The number of carbonyl (C=O) groups excluding carboxylic acids is 2. The van der Waals surface area contributed by atoms with E-state index >= 15 is 0 Å². The van der Waals surface area contributed by atoms with Crippen molar-refractivity contribution >= 4 is 11.9 Å². The lowest BCUT2D eigenvalue weighted by molar-refractivity contribution is -0.133. The molecule has 0 saturated carbocycles. The molecule has 1 aromatic heterocycles. The smallest absolute Gasteiger partial charge is 0.317 e. The lowest BCUT2D eigenvalue weighted by Crippen LogP contribution is -2.47. The van der Waals surface area contributed by atoms with Crippen LogP contribution < -0.4 is 10.1 Å². The SMILES string of the molecule is CCCCNC(=O)N(CCCOCC)CC(=O)N(Cc1ccccc1)Cc1cccn1Cc1cccc(OC)c1. The second-order valence-corrected chi connectivity index (χ2v) is 9.77. The second kappa shape index (κ2) is 17.0. The van der Waals surface area contributed by atoms with Crippen molar-refractivity contribution in [3.05, 3.63) is 89.7 Å². The van der Waals surface area contributed by atoms with Gasteiger partial charge in [0.25, 0.3) is 0 Å². The molecule has 8 heteroatoms. The molecule has 0 aliphatic carbocycles. The molecule has 216 valence electrons. The molecule has 3 aromatic rings. The van der Waals surface area contributed by atoms with E-state index in [1.165, 1.54) is 0 Å². The molecule has 0 aliphatic heterocycles. The highest BCUT2D eigenvalue weighted by Gasteiger charge is 2.22. The first-order valence-electron chi connectivity index (χ1n) is 14.2. The molecular formula is C32H44N4O4. The highest BCUT2D eigenvalue weighted by molar-refractivity contribution is 5.84. The molecule has 1 heterocycles. The zero-order valence-corrected chi connectivity index (χ0v) is 24.2. The van der Waals surface area contributed by atoms with Crippen molar-refractivity contribution < 1.29 is 19.1 Å². The van der Waals surface area contributed by atoms with Crippen LogP contribution in [-0.2, 0) is 29.2 Å². The molecule has 3 amide bonds. The molecule has 0 saturated heterocycles. The molecule has 0 atom stereocenters. The van der Waals surface area contributed by atoms with E-state index in [1.807, 2.05) is 78.7 Å². The van der Waals surface area contributed by atoms with Crippen LogP contribution in [0.1, 0.15) is 49.9 Å². The number of ether oxygens (including phenoxy) is 2. The maximum atomic E-state index is 13.8. The third-order valence-corrected chi connectivity index (χ3v) is 6.67. The Hall–Kier alpha value is -3.78. The van der Waals surface area contributed by atoms with Crippen LogP contribution in [0.3, 0.4) is 0 Å². The molecule has 0 radical (unpaired) electrons. The Morgan fingerprint density at radius 1 is 0.900 bits per heavy atom. The van der Waals surface area contributed by atoms with Gasteiger partial charge in [0.1, 0.15) is 12.3 Å². The molecule has 3 rings (SSSR count). The number of rotatable bonds is 17. The van der Waals surface area contributed by atoms with Gasteiger partial charge in [0, 0.05) is 51.3 Å². The van der Waals surface area contributed by atoms with Crippen LogP contribution >= 0.6 is 0 Å². The van der Waals surface area contributed by atoms with Crippen molar-refractivity contribution in [1.82, 2.24) is 19.7 Å². The van der Waals surface area contributed by atoms with Crippen LogP contribution in [-0.4, -0.2) is 66.3 Å². The summed E-state index contributed by atoms with van der Waals surface area (Å²) in [5.41, 5.74) is 3.17. The van der Waals surface area contributed by atoms with Crippen LogP contribution in [0.2, 0.25) is 0 Å². The number of nitrogens with one attached hydrogen (secondary N) is 1. The maximum absolute atomic E-state index is 13.8. The Kier molecular flexibility index (Phi) is 13.1. The zero-order chi connectivity index (χ0) is 28.6. The van der Waals surface area contributed by atoms with Crippen LogP contribution in [0.15, 0.2) is 72.9 Å². The number of hydrogen-bond donors (Lipinski definition) is 1. The quantitative estimate of drug-likeness (QED) is 0.232. The highest BCUT2D eigenvalue weighted by Crippen LogP contribution is 2.17. The van der Waals surface area contributed by atoms with Gasteiger partial charge in [-0.05, 0) is 55.2 Å². The second-order valence-electron chi connectivity index (χ2n) is 9.77. The first-order valence-corrected chi connectivity index (χ1v) is 14.2. The van der Waals surface area contributed by atoms with Crippen molar-refractivity contribution in [2.75, 3.05) is 40.0 Å². The minimum atomic E-state index is -0.209. The normalized spacial score (nSPS) is 10.8. The molecule has 0 fully saturated rings. The van der Waals surface area contributed by atoms with Gasteiger partial charge in [-0.2, -0.15) is 0 Å². The molecular weight excluding hydrogens is 504 g/mol. The van der Waals surface area contributed by atoms with Gasteiger partial charge in [0.2, 0.25) is 5.91 Å². The molecule has 1 N–H and O–H groups in total. The lowest BCUT2D eigenvalue weighted by Gasteiger charge is -2.28. The molecule has 8 nitrogen and oxygen atoms in total. The summed E-state index contributed by atoms with van der Waals surface area (Å²) in [4.78, 5) is 30.3. The van der Waals surface area contributed by atoms with Gasteiger partial charge in [-0.1, -0.05) is 55.8 Å². The number of benzene rings is 2. The zero-order valence-electron chi connectivity index (χ0n) is 24.2. The molecule has 2 aromatic carbocycles. The van der Waals surface area contributed by atoms with Gasteiger partial charge in [0.15, 0.2) is 0 Å². The predicted octanol–water partition coefficient (Wildman–Crippen LogP) is 5.31. The van der Waals surface area contributed by atoms with E-state index in [0.717, 1.165) is 35.4 Å². The third kappa shape index (κ3) is 10.1. The number of nitrogens with zero attached hydrogens (tertiary/aromatic N) is 3. The number of unbranched alkanes of at least 4 members (excludes halogenated alkanes) is 1. The van der Waals surface area contributed by atoms with E-state index in [1.54, 1.807) is 12.0 Å². The van der Waals surface area contributed by atoms with Crippen molar-refractivity contribution in [2.45, 2.75) is 52.7 Å². The summed E-state index contributed by atoms with van der Waals surface area (Å²) >= 11 is 0. The van der Waals surface area contributed by atoms with Gasteiger partial charge in [-0.15, -0.1) is 0 Å². The Morgan fingerprint density at radius 2 is 1.70 bits per heavy atom. The fourth-order valence-corrected chi connectivity index (χ4v) is 4.45. The summed E-state index contributed by atoms with van der Waals surface area (Å²) in [6.07, 6.45) is 4.59. The average Bonchev–Trinajstić information content (AvgIpc) is 3.41. The van der Waals surface area contributed by atoms with Crippen molar-refractivity contribution in [1.29, 1.82) is 0 Å². The fraction of sp³-hybridized carbons (Fsp3) is 0.438. The number of urea groups is 1. The van der Waals surface area contributed by atoms with Crippen LogP contribution in [0, 0.1) is 0 Å². The van der Waals surface area contributed by atoms with E-state index in [-0.39, 0.29) is 18.5 Å². The molecule has 0 spiro atoms. The predicted molar refractivity (Wildman–Crippen MR) is 158 cm³/mol. The summed E-state index contributed by atoms with van der Waals surface area (Å²) in [5, 5.41) is 2.97. The minimum absolute atomic E-state index is 0.00745. The summed E-state index contributed by atoms with van der Waals surface area (Å²) in [6.45, 7) is 7.81. The van der Waals surface area contributed by atoms with Crippen molar-refractivity contribution in [3.63, 3.8) is 0 Å². The van der Waals surface area contributed by atoms with Crippen LogP contribution in [0.25, 0.3) is 0 Å². The Morgan fingerprint density at radius 3 is 2.45 bits per heavy atom. The third-order valence-electron chi connectivity index (χ3n) is 6.67. The first-order chi connectivity index (χ1) is 19.5. The minimum Gasteiger partial charge on any atom is -0.497 e. The number of methoxy groups -OCH3 is 1. The monoisotopic (exact) mass is 548 g/mol. The first kappa shape index (κ1) is 30.8. The summed E-state index contributed by atoms with van der Waals surface area (Å²) in [5.74, 6) is 0.716. The number of hydrogen-bond acceptors (Lipinski definition) is 4. The fourth-order valence-electron chi connectivity index (χ4n) is 4.45. The lowest BCUT2D eigenvalue weighted by atomic mass is 10.2. The van der Waals surface area contributed by atoms with E-state index in [9.17, 15) is 9.59 Å². The Labute approximate surface area is 238 Å². The van der Waals surface area contributed by atoms with E-state index in [0.29, 0.717) is 52.4 Å². The Bertz CT molecular complexity index is 1160. The number of carbonyl (C=O) groups is 2. The van der Waals surface area contributed by atoms with Crippen LogP contribution in [0.4, 0.5) is 4.79 Å². The van der Waals surface area contributed by atoms with Crippen LogP contribution in [0.5, 0.6) is 5.75 Å². The molecule has 0 aliphatic rings. The van der Waals surface area contributed by atoms with Gasteiger partial charge >= 0.3 is 6.03 Å². The Balaban J connectivity index is 1.78. The van der Waals surface area contributed by atoms with Crippen molar-refractivity contribution in [2.24, 2.45) is 0 Å². The maximum Gasteiger partial charge on any atom is 0.317 e. The number of amides is 3. The standard InChI is InChI=1S/C32H44N4O4/c1-4-6-18-33-32(38)35(20-12-21-40-5-2)26-31(37)36(23-27-13-8-7-9-14-27)25-29-16-11-19-34(29)24-28-15-10-17-30(22-28)39-3/h7-11,13-17,19,22H,4-6,12,18,20-21,23-26H2,1-3H3,(H,33,38). The van der Waals surface area contributed by atoms with Crippen molar-refractivity contribution in [3.8, 4) is 5.75 Å². The van der Waals surface area contributed by atoms with Gasteiger partial charge < -0.3 is 29.2 Å². The summed E-state index contributed by atoms with van der Waals surface area (Å²) in [6, 6.07) is 21.8. The van der Waals surface area contributed by atoms with Gasteiger partial charge in [0.05, 0.1) is 13.7 Å². The average molecular weight is 549 g/mol. The molecule has 0 unspecified atom stereocenters. The summed E-state index contributed by atoms with van der Waals surface area (Å²) in [7, 11) is 1.66. The molecule has 40 heavy (non-hydrogen) atoms. The van der Waals surface area contributed by atoms with Gasteiger partial charge in [-0.25, -0.2) is 4.79 Å². The topological polar surface area (TPSA) is 76.0 Å². The molecule has 0 bridgehead atoms. The summed E-state index contributed by atoms with van der Waals surface area (Å²) < 4.78 is 13.0. The highest BCUT2D eigenvalue weighted by atomic mass is 16.5.